The van der Waals surface area contributed by atoms with Gasteiger partial charge in [-0.3, -0.25) is 0 Å². The van der Waals surface area contributed by atoms with E-state index in [9.17, 15) is 4.39 Å². The van der Waals surface area contributed by atoms with E-state index in [1.807, 2.05) is 0 Å². The van der Waals surface area contributed by atoms with Crippen LogP contribution in [0.5, 0.6) is 0 Å². The van der Waals surface area contributed by atoms with Gasteiger partial charge in [-0.25, -0.2) is 4.39 Å². The SMILES string of the molecule is C[C@H](O)CC(C)(C)F. The first-order valence-corrected chi connectivity index (χ1v) is 2.79. The molecule has 8 heavy (non-hydrogen) atoms. The van der Waals surface area contributed by atoms with E-state index in [2.05, 4.69) is 0 Å². The van der Waals surface area contributed by atoms with Gasteiger partial charge in [0.2, 0.25) is 0 Å². The van der Waals surface area contributed by atoms with Crippen LogP contribution in [-0.4, -0.2) is 16.9 Å². The van der Waals surface area contributed by atoms with Crippen molar-refractivity contribution in [2.24, 2.45) is 0 Å². The number of hydrogen-bond donors (Lipinski definition) is 1. The monoisotopic (exact) mass is 120 g/mol. The van der Waals surface area contributed by atoms with Crippen molar-refractivity contribution in [2.45, 2.75) is 39.0 Å². The molecule has 0 saturated heterocycles. The molecule has 1 N–H and O–H groups in total. The van der Waals surface area contributed by atoms with Crippen molar-refractivity contribution in [3.05, 3.63) is 0 Å². The standard InChI is InChI=1S/C6H13FO/c1-5(8)4-6(2,3)7/h5,8H,4H2,1-3H3/t5-/m0/s1. The lowest BCUT2D eigenvalue weighted by Crippen LogP contribution is -2.18. The van der Waals surface area contributed by atoms with Crippen LogP contribution in [0.4, 0.5) is 4.39 Å². The van der Waals surface area contributed by atoms with Gasteiger partial charge in [0.05, 0.1) is 6.10 Å². The van der Waals surface area contributed by atoms with Crippen LogP contribution in [0.3, 0.4) is 0 Å². The first-order valence-electron chi connectivity index (χ1n) is 2.79. The van der Waals surface area contributed by atoms with Gasteiger partial charge in [-0.05, 0) is 20.8 Å². The Hall–Kier alpha value is -0.110. The summed E-state index contributed by atoms with van der Waals surface area (Å²) in [6.07, 6.45) is -0.317. The molecule has 0 bridgehead atoms. The first kappa shape index (κ1) is 7.89. The second kappa shape index (κ2) is 2.44. The lowest BCUT2D eigenvalue weighted by molar-refractivity contribution is 0.0976. The summed E-state index contributed by atoms with van der Waals surface area (Å²) in [5.41, 5.74) is -1.23. The molecule has 0 saturated carbocycles. The summed E-state index contributed by atoms with van der Waals surface area (Å²) in [4.78, 5) is 0. The van der Waals surface area contributed by atoms with Crippen molar-refractivity contribution in [2.75, 3.05) is 0 Å². The van der Waals surface area contributed by atoms with E-state index < -0.39 is 11.8 Å². The zero-order valence-electron chi connectivity index (χ0n) is 5.61. The van der Waals surface area contributed by atoms with Gasteiger partial charge in [0.1, 0.15) is 5.67 Å². The van der Waals surface area contributed by atoms with E-state index in [0.717, 1.165) is 0 Å². The molecule has 0 aliphatic heterocycles. The Morgan fingerprint density at radius 2 is 2.00 bits per heavy atom. The zero-order chi connectivity index (χ0) is 6.78. The summed E-state index contributed by atoms with van der Waals surface area (Å²) < 4.78 is 12.5. The van der Waals surface area contributed by atoms with E-state index in [1.54, 1.807) is 6.92 Å². The van der Waals surface area contributed by atoms with Crippen LogP contribution in [-0.2, 0) is 0 Å². The lowest BCUT2D eigenvalue weighted by Gasteiger charge is -2.14. The fourth-order valence-corrected chi connectivity index (χ4v) is 0.702. The molecule has 0 aromatic rings. The number of alkyl halides is 1. The molecule has 0 unspecified atom stereocenters. The van der Waals surface area contributed by atoms with Gasteiger partial charge >= 0.3 is 0 Å². The molecule has 0 spiro atoms. The van der Waals surface area contributed by atoms with Crippen LogP contribution in [0.1, 0.15) is 27.2 Å². The van der Waals surface area contributed by atoms with Crippen LogP contribution in [0.15, 0.2) is 0 Å². The summed E-state index contributed by atoms with van der Waals surface area (Å²) >= 11 is 0. The third kappa shape index (κ3) is 5.89. The van der Waals surface area contributed by atoms with E-state index in [-0.39, 0.29) is 6.42 Å². The topological polar surface area (TPSA) is 20.2 Å². The maximum absolute atomic E-state index is 12.5. The molecule has 0 radical (unpaired) electrons. The van der Waals surface area contributed by atoms with Gasteiger partial charge < -0.3 is 5.11 Å². The molecule has 0 aromatic heterocycles. The molecule has 0 heterocycles. The number of aliphatic hydroxyl groups is 1. The molecule has 50 valence electrons. The average molecular weight is 120 g/mol. The molecule has 1 atom stereocenters. The molecule has 2 heteroatoms. The van der Waals surface area contributed by atoms with Crippen molar-refractivity contribution in [3.63, 3.8) is 0 Å². The molecule has 0 aliphatic carbocycles. The summed E-state index contributed by atoms with van der Waals surface area (Å²) in [6, 6.07) is 0. The van der Waals surface area contributed by atoms with Crippen molar-refractivity contribution in [1.82, 2.24) is 0 Å². The van der Waals surface area contributed by atoms with Crippen molar-refractivity contribution in [1.29, 1.82) is 0 Å². The van der Waals surface area contributed by atoms with Crippen LogP contribution in [0.25, 0.3) is 0 Å². The Kier molecular flexibility index (Phi) is 2.41. The molecular formula is C6H13FO. The highest BCUT2D eigenvalue weighted by molar-refractivity contribution is 4.68. The Morgan fingerprint density at radius 3 is 2.00 bits per heavy atom. The fourth-order valence-electron chi connectivity index (χ4n) is 0.702. The Morgan fingerprint density at radius 1 is 1.62 bits per heavy atom. The van der Waals surface area contributed by atoms with Gasteiger partial charge in [0, 0.05) is 6.42 Å². The zero-order valence-corrected chi connectivity index (χ0v) is 5.61. The summed E-state index contributed by atoms with van der Waals surface area (Å²) in [6.45, 7) is 4.50. The maximum atomic E-state index is 12.5. The minimum Gasteiger partial charge on any atom is -0.393 e. The Bertz CT molecular complexity index is 63.4. The number of aliphatic hydroxyl groups excluding tert-OH is 1. The second-order valence-corrected chi connectivity index (χ2v) is 2.77. The molecule has 0 rings (SSSR count). The minimum absolute atomic E-state index is 0.215. The summed E-state index contributed by atoms with van der Waals surface area (Å²) in [5.74, 6) is 0. The van der Waals surface area contributed by atoms with Gasteiger partial charge in [-0.15, -0.1) is 0 Å². The van der Waals surface area contributed by atoms with Crippen LogP contribution >= 0.6 is 0 Å². The Labute approximate surface area is 49.5 Å². The smallest absolute Gasteiger partial charge is 0.108 e. The number of hydrogen-bond acceptors (Lipinski definition) is 1. The number of rotatable bonds is 2. The fraction of sp³-hybridized carbons (Fsp3) is 1.00. The van der Waals surface area contributed by atoms with E-state index >= 15 is 0 Å². The van der Waals surface area contributed by atoms with Gasteiger partial charge in [0.25, 0.3) is 0 Å². The highest BCUT2D eigenvalue weighted by Crippen LogP contribution is 2.15. The van der Waals surface area contributed by atoms with Crippen molar-refractivity contribution >= 4 is 0 Å². The maximum Gasteiger partial charge on any atom is 0.108 e. The van der Waals surface area contributed by atoms with Crippen LogP contribution in [0, 0.1) is 0 Å². The first-order chi connectivity index (χ1) is 3.42. The molecule has 0 amide bonds. The normalized spacial score (nSPS) is 16.1. The average Bonchev–Trinajstić information content (AvgIpc) is 1.21. The van der Waals surface area contributed by atoms with E-state index in [0.29, 0.717) is 0 Å². The van der Waals surface area contributed by atoms with Crippen LogP contribution < -0.4 is 0 Å². The van der Waals surface area contributed by atoms with Gasteiger partial charge in [-0.2, -0.15) is 0 Å². The highest BCUT2D eigenvalue weighted by atomic mass is 19.1. The van der Waals surface area contributed by atoms with Gasteiger partial charge in [-0.1, -0.05) is 0 Å². The quantitative estimate of drug-likeness (QED) is 0.585. The molecular weight excluding hydrogens is 107 g/mol. The van der Waals surface area contributed by atoms with Crippen molar-refractivity contribution in [3.8, 4) is 0 Å². The van der Waals surface area contributed by atoms with Gasteiger partial charge in [0.15, 0.2) is 0 Å². The Balaban J connectivity index is 3.39. The predicted molar refractivity (Wildman–Crippen MR) is 31.5 cm³/mol. The third-order valence-electron chi connectivity index (χ3n) is 0.781. The molecule has 0 aromatic carbocycles. The highest BCUT2D eigenvalue weighted by Gasteiger charge is 2.17. The molecule has 0 aliphatic rings. The summed E-state index contributed by atoms with van der Waals surface area (Å²) in [5, 5.41) is 8.65. The molecule has 1 nitrogen and oxygen atoms in total. The lowest BCUT2D eigenvalue weighted by atomic mass is 10.0. The molecule has 0 fully saturated rings. The minimum atomic E-state index is -1.23. The largest absolute Gasteiger partial charge is 0.393 e. The van der Waals surface area contributed by atoms with E-state index in [4.69, 9.17) is 5.11 Å². The van der Waals surface area contributed by atoms with Crippen molar-refractivity contribution < 1.29 is 9.50 Å². The summed E-state index contributed by atoms with van der Waals surface area (Å²) in [7, 11) is 0. The van der Waals surface area contributed by atoms with Crippen LogP contribution in [0.2, 0.25) is 0 Å². The third-order valence-corrected chi connectivity index (χ3v) is 0.781. The van der Waals surface area contributed by atoms with E-state index in [1.165, 1.54) is 13.8 Å². The number of halogens is 1. The second-order valence-electron chi connectivity index (χ2n) is 2.77. The predicted octanol–water partition coefficient (Wildman–Crippen LogP) is 1.51.